The van der Waals surface area contributed by atoms with Gasteiger partial charge in [0.15, 0.2) is 0 Å². The predicted octanol–water partition coefficient (Wildman–Crippen LogP) is 2.77. The molecule has 1 fully saturated rings. The molecule has 0 saturated heterocycles. The molecule has 0 spiro atoms. The molecular weight excluding hydrogens is 304 g/mol. The summed E-state index contributed by atoms with van der Waals surface area (Å²) in [7, 11) is 0. The third-order valence-electron chi connectivity index (χ3n) is 4.66. The summed E-state index contributed by atoms with van der Waals surface area (Å²) in [6, 6.07) is 0.391. The Labute approximate surface area is 142 Å². The maximum Gasteiger partial charge on any atom is 0.243 e. The first-order chi connectivity index (χ1) is 11.7. The van der Waals surface area contributed by atoms with Gasteiger partial charge >= 0.3 is 0 Å². The molecular formula is C17H26N6O. The number of hydrogen-bond donors (Lipinski definition) is 1. The number of nitrogens with zero attached hydrogens (tertiary/aromatic N) is 5. The Bertz CT molecular complexity index is 671. The Balaban J connectivity index is 1.56. The summed E-state index contributed by atoms with van der Waals surface area (Å²) < 4.78 is 5.63. The van der Waals surface area contributed by atoms with Gasteiger partial charge in [0.25, 0.3) is 0 Å². The molecule has 1 aliphatic rings. The van der Waals surface area contributed by atoms with Crippen LogP contribution in [0.4, 0.5) is 5.95 Å². The maximum absolute atomic E-state index is 5.63. The third kappa shape index (κ3) is 3.88. The standard InChI is InChI=1S/C17H26N6O/c1-4-13-14(5-2)20-23-17(19-13)18-12-8-7-11(9-12)10-16-22-21-15(6-3)24-16/h11-12H,4-10H2,1-3H3,(H,18,19,23)/t11-,12+/m1/s1. The number of anilines is 1. The van der Waals surface area contributed by atoms with Crippen LogP contribution in [-0.2, 0) is 25.7 Å². The molecule has 2 atom stereocenters. The van der Waals surface area contributed by atoms with E-state index in [1.165, 1.54) is 0 Å². The third-order valence-corrected chi connectivity index (χ3v) is 4.66. The minimum atomic E-state index is 0.391. The summed E-state index contributed by atoms with van der Waals surface area (Å²) in [6.07, 6.45) is 6.75. The Morgan fingerprint density at radius 1 is 0.917 bits per heavy atom. The zero-order valence-electron chi connectivity index (χ0n) is 14.7. The van der Waals surface area contributed by atoms with Crippen molar-refractivity contribution in [1.29, 1.82) is 0 Å². The van der Waals surface area contributed by atoms with Crippen molar-refractivity contribution < 1.29 is 4.42 Å². The van der Waals surface area contributed by atoms with Crippen molar-refractivity contribution in [3.05, 3.63) is 23.2 Å². The number of hydrogen-bond acceptors (Lipinski definition) is 7. The summed E-state index contributed by atoms with van der Waals surface area (Å²) in [6.45, 7) is 6.21. The van der Waals surface area contributed by atoms with Gasteiger partial charge in [-0.3, -0.25) is 0 Å². The van der Waals surface area contributed by atoms with Crippen LogP contribution >= 0.6 is 0 Å². The molecule has 1 aliphatic carbocycles. The highest BCUT2D eigenvalue weighted by molar-refractivity contribution is 5.27. The van der Waals surface area contributed by atoms with Crippen LogP contribution in [0, 0.1) is 5.92 Å². The fourth-order valence-corrected chi connectivity index (χ4v) is 3.33. The van der Waals surface area contributed by atoms with E-state index in [0.717, 1.165) is 68.1 Å². The zero-order chi connectivity index (χ0) is 16.9. The first-order valence-corrected chi connectivity index (χ1v) is 9.02. The van der Waals surface area contributed by atoms with Crippen molar-refractivity contribution in [2.24, 2.45) is 5.92 Å². The molecule has 2 aromatic rings. The van der Waals surface area contributed by atoms with Crippen LogP contribution in [0.3, 0.4) is 0 Å². The van der Waals surface area contributed by atoms with Crippen molar-refractivity contribution in [2.45, 2.75) is 71.8 Å². The molecule has 2 aromatic heterocycles. The second kappa shape index (κ2) is 7.68. The summed E-state index contributed by atoms with van der Waals surface area (Å²) in [5.41, 5.74) is 2.04. The van der Waals surface area contributed by atoms with E-state index in [9.17, 15) is 0 Å². The molecule has 24 heavy (non-hydrogen) atoms. The molecule has 0 radical (unpaired) electrons. The van der Waals surface area contributed by atoms with Gasteiger partial charge in [-0.2, -0.15) is 5.10 Å². The highest BCUT2D eigenvalue weighted by Crippen LogP contribution is 2.30. The lowest BCUT2D eigenvalue weighted by atomic mass is 10.0. The van der Waals surface area contributed by atoms with E-state index >= 15 is 0 Å². The Morgan fingerprint density at radius 2 is 1.71 bits per heavy atom. The van der Waals surface area contributed by atoms with Crippen molar-refractivity contribution in [3.63, 3.8) is 0 Å². The molecule has 7 heteroatoms. The van der Waals surface area contributed by atoms with Gasteiger partial charge in [-0.15, -0.1) is 15.3 Å². The van der Waals surface area contributed by atoms with Crippen LogP contribution < -0.4 is 5.32 Å². The monoisotopic (exact) mass is 330 g/mol. The molecule has 1 saturated carbocycles. The fourth-order valence-electron chi connectivity index (χ4n) is 3.33. The minimum absolute atomic E-state index is 0.391. The van der Waals surface area contributed by atoms with E-state index < -0.39 is 0 Å². The second-order valence-electron chi connectivity index (χ2n) is 6.40. The summed E-state index contributed by atoms with van der Waals surface area (Å²) in [5, 5.41) is 20.1. The van der Waals surface area contributed by atoms with Crippen LogP contribution in [0.15, 0.2) is 4.42 Å². The minimum Gasteiger partial charge on any atom is -0.425 e. The van der Waals surface area contributed by atoms with E-state index in [-0.39, 0.29) is 0 Å². The molecule has 7 nitrogen and oxygen atoms in total. The molecule has 0 bridgehead atoms. The van der Waals surface area contributed by atoms with E-state index in [4.69, 9.17) is 4.42 Å². The first kappa shape index (κ1) is 16.8. The lowest BCUT2D eigenvalue weighted by Crippen LogP contribution is -2.19. The normalized spacial score (nSPS) is 20.5. The zero-order valence-corrected chi connectivity index (χ0v) is 14.7. The number of nitrogens with one attached hydrogen (secondary N) is 1. The fraction of sp³-hybridized carbons (Fsp3) is 0.706. The lowest BCUT2D eigenvalue weighted by molar-refractivity contribution is 0.409. The number of aryl methyl sites for hydroxylation is 3. The van der Waals surface area contributed by atoms with Crippen molar-refractivity contribution >= 4 is 5.95 Å². The molecule has 0 aliphatic heterocycles. The van der Waals surface area contributed by atoms with Crippen LogP contribution in [0.2, 0.25) is 0 Å². The first-order valence-electron chi connectivity index (χ1n) is 9.02. The van der Waals surface area contributed by atoms with Gasteiger partial charge < -0.3 is 9.73 Å². The van der Waals surface area contributed by atoms with Gasteiger partial charge in [0.2, 0.25) is 17.7 Å². The molecule has 0 unspecified atom stereocenters. The van der Waals surface area contributed by atoms with E-state index in [2.05, 4.69) is 44.5 Å². The van der Waals surface area contributed by atoms with E-state index in [1.807, 2.05) is 6.92 Å². The summed E-state index contributed by atoms with van der Waals surface area (Å²) in [5.74, 6) is 2.71. The lowest BCUT2D eigenvalue weighted by Gasteiger charge is -2.13. The van der Waals surface area contributed by atoms with E-state index in [1.54, 1.807) is 0 Å². The number of aromatic nitrogens is 5. The van der Waals surface area contributed by atoms with Crippen LogP contribution in [-0.4, -0.2) is 31.4 Å². The second-order valence-corrected chi connectivity index (χ2v) is 6.40. The van der Waals surface area contributed by atoms with Gasteiger partial charge in [-0.25, -0.2) is 4.98 Å². The van der Waals surface area contributed by atoms with Gasteiger partial charge in [-0.05, 0) is 38.0 Å². The van der Waals surface area contributed by atoms with Crippen molar-refractivity contribution in [3.8, 4) is 0 Å². The molecule has 130 valence electrons. The maximum atomic E-state index is 5.63. The van der Waals surface area contributed by atoms with E-state index in [0.29, 0.717) is 17.9 Å². The van der Waals surface area contributed by atoms with Crippen molar-refractivity contribution in [1.82, 2.24) is 25.4 Å². The van der Waals surface area contributed by atoms with Crippen LogP contribution in [0.5, 0.6) is 0 Å². The Morgan fingerprint density at radius 3 is 2.42 bits per heavy atom. The largest absolute Gasteiger partial charge is 0.425 e. The summed E-state index contributed by atoms with van der Waals surface area (Å²) in [4.78, 5) is 4.62. The van der Waals surface area contributed by atoms with Gasteiger partial charge in [-0.1, -0.05) is 20.8 Å². The summed E-state index contributed by atoms with van der Waals surface area (Å²) >= 11 is 0. The van der Waals surface area contributed by atoms with Crippen LogP contribution in [0.1, 0.15) is 63.2 Å². The predicted molar refractivity (Wildman–Crippen MR) is 90.7 cm³/mol. The Kier molecular flexibility index (Phi) is 5.37. The highest BCUT2D eigenvalue weighted by atomic mass is 16.4. The molecule has 2 heterocycles. The highest BCUT2D eigenvalue weighted by Gasteiger charge is 2.27. The average Bonchev–Trinajstić information content (AvgIpc) is 3.24. The Hall–Kier alpha value is -2.05. The average molecular weight is 330 g/mol. The van der Waals surface area contributed by atoms with Crippen molar-refractivity contribution in [2.75, 3.05) is 5.32 Å². The number of rotatable bonds is 7. The molecule has 0 amide bonds. The van der Waals surface area contributed by atoms with Gasteiger partial charge in [0, 0.05) is 18.9 Å². The van der Waals surface area contributed by atoms with Gasteiger partial charge in [0.05, 0.1) is 11.4 Å². The molecule has 0 aromatic carbocycles. The molecule has 3 rings (SSSR count). The van der Waals surface area contributed by atoms with Gasteiger partial charge in [0.1, 0.15) is 0 Å². The topological polar surface area (TPSA) is 89.6 Å². The smallest absolute Gasteiger partial charge is 0.243 e. The quantitative estimate of drug-likeness (QED) is 0.834. The SMILES string of the molecule is CCc1nnc(C[C@@H]2CC[C@H](Nc3nnc(CC)c(CC)n3)C2)o1. The molecule has 1 N–H and O–H groups in total. The van der Waals surface area contributed by atoms with Crippen LogP contribution in [0.25, 0.3) is 0 Å².